The Morgan fingerprint density at radius 1 is 1.06 bits per heavy atom. The number of nitrogens with zero attached hydrogens (tertiary/aromatic N) is 6. The van der Waals surface area contributed by atoms with Crippen molar-refractivity contribution < 1.29 is 13.6 Å². The average Bonchev–Trinajstić information content (AvgIpc) is 3.35. The van der Waals surface area contributed by atoms with Crippen LogP contribution in [0.25, 0.3) is 0 Å². The number of hydrogen-bond donors (Lipinski definition) is 0. The number of carbonyl (C=O) groups is 1. The van der Waals surface area contributed by atoms with E-state index >= 15 is 0 Å². The van der Waals surface area contributed by atoms with E-state index in [1.807, 2.05) is 6.07 Å². The molecule has 1 aliphatic carbocycles. The molecule has 2 bridgehead atoms. The molecule has 158 valence electrons. The molecule has 0 radical (unpaired) electrons. The number of piperidine rings is 1. The van der Waals surface area contributed by atoms with Crippen molar-refractivity contribution in [2.75, 3.05) is 18.0 Å². The second kappa shape index (κ2) is 7.69. The smallest absolute Gasteiger partial charge is 0.247 e. The van der Waals surface area contributed by atoms with Gasteiger partial charge >= 0.3 is 0 Å². The number of anilines is 1. The summed E-state index contributed by atoms with van der Waals surface area (Å²) >= 11 is 0. The van der Waals surface area contributed by atoms with Gasteiger partial charge in [-0.2, -0.15) is 10.4 Å². The van der Waals surface area contributed by atoms with Crippen LogP contribution < -0.4 is 4.90 Å². The fourth-order valence-electron chi connectivity index (χ4n) is 5.22. The van der Waals surface area contributed by atoms with Crippen molar-refractivity contribution in [1.82, 2.24) is 15.0 Å². The molecule has 31 heavy (non-hydrogen) atoms. The van der Waals surface area contributed by atoms with Gasteiger partial charge in [-0.3, -0.25) is 4.79 Å². The molecule has 0 N–H and O–H groups in total. The second-order valence-corrected chi connectivity index (χ2v) is 8.34. The Morgan fingerprint density at radius 2 is 1.77 bits per heavy atom. The lowest BCUT2D eigenvalue weighted by Gasteiger charge is -2.39. The van der Waals surface area contributed by atoms with Gasteiger partial charge < -0.3 is 4.90 Å². The molecule has 1 saturated carbocycles. The molecule has 2 aromatic rings. The summed E-state index contributed by atoms with van der Waals surface area (Å²) in [4.78, 5) is 23.8. The summed E-state index contributed by atoms with van der Waals surface area (Å²) in [7, 11) is 0. The first kappa shape index (κ1) is 19.5. The van der Waals surface area contributed by atoms with Crippen LogP contribution in [0.4, 0.5) is 14.6 Å². The van der Waals surface area contributed by atoms with E-state index in [2.05, 4.69) is 20.0 Å². The summed E-state index contributed by atoms with van der Waals surface area (Å²) in [5, 5.41) is 14.8. The van der Waals surface area contributed by atoms with Gasteiger partial charge in [-0.15, -0.1) is 0 Å². The van der Waals surface area contributed by atoms with E-state index in [-0.39, 0.29) is 23.7 Å². The van der Waals surface area contributed by atoms with Crippen molar-refractivity contribution in [3.05, 3.63) is 53.5 Å². The zero-order chi connectivity index (χ0) is 21.5. The van der Waals surface area contributed by atoms with Gasteiger partial charge in [0, 0.05) is 43.8 Å². The largest absolute Gasteiger partial charge is 0.356 e. The molecular weight excluding hydrogens is 402 g/mol. The topological polar surface area (TPSA) is 85.5 Å². The van der Waals surface area contributed by atoms with Crippen LogP contribution in [-0.4, -0.2) is 40.2 Å². The maximum absolute atomic E-state index is 13.7. The van der Waals surface area contributed by atoms with E-state index in [9.17, 15) is 13.6 Å². The molecule has 3 aliphatic rings. The number of carbonyl (C=O) groups excluding carboxylic acids is 1. The molecule has 1 aromatic carbocycles. The van der Waals surface area contributed by atoms with Crippen LogP contribution in [0.5, 0.6) is 0 Å². The van der Waals surface area contributed by atoms with Crippen LogP contribution in [0.2, 0.25) is 0 Å². The molecule has 1 amide bonds. The third-order valence-corrected chi connectivity index (χ3v) is 6.54. The summed E-state index contributed by atoms with van der Waals surface area (Å²) in [6, 6.07) is 6.56. The summed E-state index contributed by atoms with van der Waals surface area (Å²) in [6.45, 7) is 1.32. The van der Waals surface area contributed by atoms with Gasteiger partial charge in [0.05, 0.1) is 6.04 Å². The third-order valence-electron chi connectivity index (χ3n) is 6.54. The molecule has 7 nitrogen and oxygen atoms in total. The van der Waals surface area contributed by atoms with Crippen LogP contribution in [0.3, 0.4) is 0 Å². The number of hydrazone groups is 1. The Morgan fingerprint density at radius 3 is 2.45 bits per heavy atom. The number of fused-ring (bicyclic) bond motifs is 2. The minimum atomic E-state index is -0.663. The molecule has 1 saturated heterocycles. The first-order valence-electron chi connectivity index (χ1n) is 10.3. The molecular formula is C22H20F2N6O. The number of nitriles is 1. The van der Waals surface area contributed by atoms with Crippen LogP contribution in [0.15, 0.2) is 35.7 Å². The average molecular weight is 422 g/mol. The maximum Gasteiger partial charge on any atom is 0.247 e. The van der Waals surface area contributed by atoms with Crippen molar-refractivity contribution in [1.29, 1.82) is 5.26 Å². The van der Waals surface area contributed by atoms with Gasteiger partial charge in [0.1, 0.15) is 35.5 Å². The molecule has 2 aliphatic heterocycles. The van der Waals surface area contributed by atoms with Crippen molar-refractivity contribution >= 4 is 17.9 Å². The number of hydrogen-bond acceptors (Lipinski definition) is 6. The quantitative estimate of drug-likeness (QED) is 0.759. The monoisotopic (exact) mass is 422 g/mol. The van der Waals surface area contributed by atoms with E-state index in [0.717, 1.165) is 18.9 Å². The highest BCUT2D eigenvalue weighted by Gasteiger charge is 2.49. The maximum atomic E-state index is 13.7. The molecule has 2 fully saturated rings. The van der Waals surface area contributed by atoms with Crippen molar-refractivity contribution in [2.24, 2.45) is 22.9 Å². The summed E-state index contributed by atoms with van der Waals surface area (Å²) < 4.78 is 27.5. The number of rotatable bonds is 3. The number of benzene rings is 1. The predicted molar refractivity (Wildman–Crippen MR) is 108 cm³/mol. The first-order chi connectivity index (χ1) is 15.0. The van der Waals surface area contributed by atoms with E-state index < -0.39 is 17.7 Å². The van der Waals surface area contributed by atoms with Crippen molar-refractivity contribution in [3.8, 4) is 6.07 Å². The van der Waals surface area contributed by atoms with Crippen LogP contribution in [0.1, 0.15) is 36.6 Å². The zero-order valence-corrected chi connectivity index (χ0v) is 16.7. The Balaban J connectivity index is 1.36. The van der Waals surface area contributed by atoms with Crippen molar-refractivity contribution in [3.63, 3.8) is 0 Å². The highest BCUT2D eigenvalue weighted by molar-refractivity contribution is 5.83. The number of aromatic nitrogens is 2. The lowest BCUT2D eigenvalue weighted by molar-refractivity contribution is -0.140. The lowest BCUT2D eigenvalue weighted by atomic mass is 9.83. The van der Waals surface area contributed by atoms with Gasteiger partial charge in [-0.1, -0.05) is 0 Å². The highest BCUT2D eigenvalue weighted by atomic mass is 19.1. The second-order valence-electron chi connectivity index (χ2n) is 8.34. The van der Waals surface area contributed by atoms with Crippen LogP contribution in [-0.2, 0) is 4.79 Å². The Labute approximate surface area is 178 Å². The van der Waals surface area contributed by atoms with Gasteiger partial charge in [-0.05, 0) is 42.4 Å². The third kappa shape index (κ3) is 3.52. The van der Waals surface area contributed by atoms with Gasteiger partial charge in [-0.25, -0.2) is 23.8 Å². The molecule has 1 aromatic heterocycles. The highest BCUT2D eigenvalue weighted by Crippen LogP contribution is 2.45. The molecule has 5 rings (SSSR count). The minimum absolute atomic E-state index is 0.0871. The van der Waals surface area contributed by atoms with E-state index in [1.54, 1.807) is 12.3 Å². The Kier molecular flexibility index (Phi) is 4.85. The normalized spacial score (nSPS) is 26.9. The Hall–Kier alpha value is -3.41. The lowest BCUT2D eigenvalue weighted by Crippen LogP contribution is -2.48. The van der Waals surface area contributed by atoms with Crippen LogP contribution >= 0.6 is 0 Å². The number of amides is 1. The minimum Gasteiger partial charge on any atom is -0.356 e. The molecule has 9 heteroatoms. The van der Waals surface area contributed by atoms with Gasteiger partial charge in [0.25, 0.3) is 0 Å². The summed E-state index contributed by atoms with van der Waals surface area (Å²) in [5.41, 5.74) is 0.727. The first-order valence-corrected chi connectivity index (χ1v) is 10.3. The molecule has 3 heterocycles. The predicted octanol–water partition coefficient (Wildman–Crippen LogP) is 3.05. The standard InChI is InChI=1S/C22H20F2N6O/c23-16-5-15(6-17(24)7-16)19-3-4-28-30(19)22(31)21-13-1-2-14(21)11-29(10-13)20-8-18(9-25)26-12-27-20/h4-8,12-14,19,21H,1-3,10-11H2. The van der Waals surface area contributed by atoms with E-state index in [4.69, 9.17) is 5.26 Å². The van der Waals surface area contributed by atoms with Gasteiger partial charge in [0.2, 0.25) is 5.91 Å². The molecule has 3 atom stereocenters. The fraction of sp³-hybridized carbons (Fsp3) is 0.409. The fourth-order valence-corrected chi connectivity index (χ4v) is 5.22. The van der Waals surface area contributed by atoms with Crippen molar-refractivity contribution in [2.45, 2.75) is 25.3 Å². The summed E-state index contributed by atoms with van der Waals surface area (Å²) in [5.74, 6) is -0.643. The zero-order valence-electron chi connectivity index (χ0n) is 16.7. The number of halogens is 2. The Bertz CT molecular complexity index is 1070. The van der Waals surface area contributed by atoms with E-state index in [1.165, 1.54) is 23.5 Å². The summed E-state index contributed by atoms with van der Waals surface area (Å²) in [6.07, 6.45) is 5.29. The van der Waals surface area contributed by atoms with Gasteiger partial charge in [0.15, 0.2) is 0 Å². The molecule has 0 spiro atoms. The molecule has 3 unspecified atom stereocenters. The van der Waals surface area contributed by atoms with Crippen LogP contribution in [0, 0.1) is 40.7 Å². The van der Waals surface area contributed by atoms with E-state index in [0.29, 0.717) is 36.6 Å². The SMILES string of the molecule is N#Cc1cc(N2CC3CCC(C2)C3C(=O)N2N=CCC2c2cc(F)cc(F)c2)ncn1.